The normalized spacial score (nSPS) is 10.9. The number of para-hydroxylation sites is 2. The molecule has 3 aromatic rings. The van der Waals surface area contributed by atoms with Gasteiger partial charge < -0.3 is 0 Å². The van der Waals surface area contributed by atoms with Crippen molar-refractivity contribution in [3.63, 3.8) is 0 Å². The number of thiazole rings is 1. The number of benzene rings is 2. The Hall–Kier alpha value is -3.30. The zero-order valence-corrected chi connectivity index (χ0v) is 15.1. The lowest BCUT2D eigenvalue weighted by molar-refractivity contribution is -0.385. The number of carbonyl (C=O) groups excluding carboxylic acids is 1. The molecular formula is C17H11ClN4O4S. The molecule has 0 aliphatic rings. The molecule has 136 valence electrons. The first-order valence-electron chi connectivity index (χ1n) is 7.52. The molecule has 0 fully saturated rings. The van der Waals surface area contributed by atoms with Gasteiger partial charge >= 0.3 is 4.87 Å². The highest BCUT2D eigenvalue weighted by atomic mass is 35.5. The minimum Gasteiger partial charge on any atom is -0.267 e. The van der Waals surface area contributed by atoms with Crippen molar-refractivity contribution in [3.8, 4) is 5.69 Å². The van der Waals surface area contributed by atoms with E-state index < -0.39 is 10.8 Å². The van der Waals surface area contributed by atoms with E-state index >= 15 is 0 Å². The lowest BCUT2D eigenvalue weighted by Gasteiger charge is -2.02. The maximum Gasteiger partial charge on any atom is 0.313 e. The quantitative estimate of drug-likeness (QED) is 0.401. The standard InChI is InChI=1S/C17H11ClN4O4S/c18-15-14(27-17(24)21(15)11-6-2-1-3-7-11)10-19-20-16(23)12-8-4-5-9-13(12)22(25)26/h1-10H,(H,20,23)/b19-10+. The first kappa shape index (κ1) is 18.5. The Kier molecular flexibility index (Phi) is 5.43. The molecule has 0 atom stereocenters. The summed E-state index contributed by atoms with van der Waals surface area (Å²) < 4.78 is 1.32. The Balaban J connectivity index is 1.81. The van der Waals surface area contributed by atoms with Crippen molar-refractivity contribution in [3.05, 3.63) is 90.0 Å². The maximum atomic E-state index is 12.2. The zero-order chi connectivity index (χ0) is 19.4. The summed E-state index contributed by atoms with van der Waals surface area (Å²) in [6, 6.07) is 14.3. The van der Waals surface area contributed by atoms with E-state index in [2.05, 4.69) is 10.5 Å². The molecule has 2 aromatic carbocycles. The highest BCUT2D eigenvalue weighted by molar-refractivity contribution is 7.11. The number of hydrazone groups is 1. The van der Waals surface area contributed by atoms with Gasteiger partial charge in [-0.3, -0.25) is 24.3 Å². The first-order valence-corrected chi connectivity index (χ1v) is 8.72. The fourth-order valence-corrected chi connectivity index (χ4v) is 3.43. The summed E-state index contributed by atoms with van der Waals surface area (Å²) in [5.74, 6) is -0.746. The zero-order valence-electron chi connectivity index (χ0n) is 13.5. The van der Waals surface area contributed by atoms with E-state index in [0.717, 1.165) is 11.3 Å². The van der Waals surface area contributed by atoms with Crippen LogP contribution < -0.4 is 10.3 Å². The average Bonchev–Trinajstić information content (AvgIpc) is 2.95. The number of halogens is 1. The summed E-state index contributed by atoms with van der Waals surface area (Å²) in [6.07, 6.45) is 1.22. The molecule has 0 unspecified atom stereocenters. The fraction of sp³-hybridized carbons (Fsp3) is 0. The summed E-state index contributed by atoms with van der Waals surface area (Å²) >= 11 is 7.10. The van der Waals surface area contributed by atoms with Crippen molar-refractivity contribution in [1.82, 2.24) is 9.99 Å². The Morgan fingerprint density at radius 1 is 1.19 bits per heavy atom. The molecule has 0 radical (unpaired) electrons. The molecule has 0 saturated heterocycles. The molecule has 1 heterocycles. The number of aromatic nitrogens is 1. The molecule has 10 heteroatoms. The molecule has 0 spiro atoms. The van der Waals surface area contributed by atoms with Crippen LogP contribution in [0.25, 0.3) is 5.69 Å². The molecule has 27 heavy (non-hydrogen) atoms. The van der Waals surface area contributed by atoms with Crippen molar-refractivity contribution in [2.75, 3.05) is 0 Å². The van der Waals surface area contributed by atoms with Crippen molar-refractivity contribution < 1.29 is 9.72 Å². The van der Waals surface area contributed by atoms with Gasteiger partial charge in [-0.1, -0.05) is 53.3 Å². The number of amides is 1. The second kappa shape index (κ2) is 7.94. The van der Waals surface area contributed by atoms with Gasteiger partial charge in [0.1, 0.15) is 10.7 Å². The van der Waals surface area contributed by atoms with Gasteiger partial charge in [0.15, 0.2) is 0 Å². The molecular weight excluding hydrogens is 392 g/mol. The van der Waals surface area contributed by atoms with E-state index in [-0.39, 0.29) is 21.3 Å². The molecule has 0 saturated carbocycles. The molecule has 0 aliphatic carbocycles. The molecule has 1 amide bonds. The van der Waals surface area contributed by atoms with E-state index in [9.17, 15) is 19.7 Å². The van der Waals surface area contributed by atoms with E-state index in [1.807, 2.05) is 6.07 Å². The monoisotopic (exact) mass is 402 g/mol. The van der Waals surface area contributed by atoms with Crippen LogP contribution in [0.15, 0.2) is 64.5 Å². The lowest BCUT2D eigenvalue weighted by atomic mass is 10.2. The van der Waals surface area contributed by atoms with Gasteiger partial charge in [-0.2, -0.15) is 5.10 Å². The highest BCUT2D eigenvalue weighted by Gasteiger charge is 2.19. The summed E-state index contributed by atoms with van der Waals surface area (Å²) in [5.41, 5.74) is 2.35. The molecule has 1 aromatic heterocycles. The van der Waals surface area contributed by atoms with Gasteiger partial charge in [0.05, 0.1) is 21.7 Å². The molecule has 3 rings (SSSR count). The molecule has 0 bridgehead atoms. The Bertz CT molecular complexity index is 1090. The number of hydrogen-bond donors (Lipinski definition) is 1. The van der Waals surface area contributed by atoms with Crippen LogP contribution in [0.5, 0.6) is 0 Å². The smallest absolute Gasteiger partial charge is 0.267 e. The van der Waals surface area contributed by atoms with Gasteiger partial charge in [-0.05, 0) is 18.2 Å². The number of nitrogens with one attached hydrogen (secondary N) is 1. The summed E-state index contributed by atoms with van der Waals surface area (Å²) in [4.78, 5) is 34.6. The Morgan fingerprint density at radius 3 is 2.56 bits per heavy atom. The van der Waals surface area contributed by atoms with E-state index in [0.29, 0.717) is 10.6 Å². The minimum atomic E-state index is -0.746. The van der Waals surface area contributed by atoms with E-state index in [1.165, 1.54) is 35.0 Å². The van der Waals surface area contributed by atoms with Crippen LogP contribution >= 0.6 is 22.9 Å². The van der Waals surface area contributed by atoms with Crippen LogP contribution in [-0.4, -0.2) is 21.6 Å². The number of nitro benzene ring substituents is 1. The molecule has 8 nitrogen and oxygen atoms in total. The molecule has 1 N–H and O–H groups in total. The van der Waals surface area contributed by atoms with Crippen LogP contribution in [-0.2, 0) is 0 Å². The number of carbonyl (C=O) groups is 1. The van der Waals surface area contributed by atoms with Gasteiger partial charge in [0, 0.05) is 6.07 Å². The minimum absolute atomic E-state index is 0.124. The Labute approximate surface area is 161 Å². The average molecular weight is 403 g/mol. The number of nitrogens with zero attached hydrogens (tertiary/aromatic N) is 3. The van der Waals surface area contributed by atoms with Gasteiger partial charge in [0.25, 0.3) is 11.6 Å². The summed E-state index contributed by atoms with van der Waals surface area (Å²) in [5, 5.41) is 14.9. The summed E-state index contributed by atoms with van der Waals surface area (Å²) in [7, 11) is 0. The highest BCUT2D eigenvalue weighted by Crippen LogP contribution is 2.21. The van der Waals surface area contributed by atoms with Gasteiger partial charge in [0.2, 0.25) is 0 Å². The van der Waals surface area contributed by atoms with Crippen LogP contribution in [0.4, 0.5) is 5.69 Å². The van der Waals surface area contributed by atoms with E-state index in [4.69, 9.17) is 11.6 Å². The third-order valence-corrected chi connectivity index (χ3v) is 4.85. The summed E-state index contributed by atoms with van der Waals surface area (Å²) in [6.45, 7) is 0. The van der Waals surface area contributed by atoms with Crippen LogP contribution in [0.1, 0.15) is 15.2 Å². The molecule has 0 aliphatic heterocycles. The van der Waals surface area contributed by atoms with E-state index in [1.54, 1.807) is 24.3 Å². The van der Waals surface area contributed by atoms with Gasteiger partial charge in [-0.25, -0.2) is 5.43 Å². The third-order valence-electron chi connectivity index (χ3n) is 3.49. The van der Waals surface area contributed by atoms with Crippen molar-refractivity contribution in [2.24, 2.45) is 5.10 Å². The Morgan fingerprint density at radius 2 is 1.85 bits per heavy atom. The second-order valence-corrected chi connectivity index (χ2v) is 6.52. The number of nitro groups is 1. The van der Waals surface area contributed by atoms with Crippen LogP contribution in [0, 0.1) is 10.1 Å². The predicted octanol–water partition coefficient (Wildman–Crippen LogP) is 3.22. The number of rotatable bonds is 5. The SMILES string of the molecule is O=C(N/N=C/c1sc(=O)n(-c2ccccc2)c1Cl)c1ccccc1[N+](=O)[O-]. The van der Waals surface area contributed by atoms with Crippen molar-refractivity contribution >= 4 is 40.7 Å². The first-order chi connectivity index (χ1) is 13.0. The predicted molar refractivity (Wildman–Crippen MR) is 103 cm³/mol. The van der Waals surface area contributed by atoms with Crippen LogP contribution in [0.3, 0.4) is 0 Å². The van der Waals surface area contributed by atoms with Crippen LogP contribution in [0.2, 0.25) is 5.15 Å². The number of hydrogen-bond acceptors (Lipinski definition) is 6. The lowest BCUT2D eigenvalue weighted by Crippen LogP contribution is -2.18. The van der Waals surface area contributed by atoms with Crippen molar-refractivity contribution in [2.45, 2.75) is 0 Å². The largest absolute Gasteiger partial charge is 0.313 e. The fourth-order valence-electron chi connectivity index (χ4n) is 2.28. The maximum absolute atomic E-state index is 12.2. The second-order valence-electron chi connectivity index (χ2n) is 5.17. The van der Waals surface area contributed by atoms with Crippen molar-refractivity contribution in [1.29, 1.82) is 0 Å². The van der Waals surface area contributed by atoms with Gasteiger partial charge in [-0.15, -0.1) is 0 Å². The third kappa shape index (κ3) is 3.94. The topological polar surface area (TPSA) is 107 Å².